The zero-order valence-electron chi connectivity index (χ0n) is 17.2. The summed E-state index contributed by atoms with van der Waals surface area (Å²) in [6.45, 7) is 6.23. The van der Waals surface area contributed by atoms with Gasteiger partial charge in [-0.1, -0.05) is 23.7 Å². The molecule has 0 fully saturated rings. The highest BCUT2D eigenvalue weighted by Crippen LogP contribution is 2.39. The fourth-order valence-corrected chi connectivity index (χ4v) is 5.26. The van der Waals surface area contributed by atoms with E-state index in [2.05, 4.69) is 33.6 Å². The van der Waals surface area contributed by atoms with Crippen molar-refractivity contribution >= 4 is 40.3 Å². The molecule has 0 aliphatic carbocycles. The molecule has 1 aliphatic heterocycles. The number of aromatic nitrogens is 4. The molecular weight excluding hydrogens is 453 g/mol. The number of alkyl halides is 1. The van der Waals surface area contributed by atoms with E-state index in [1.54, 1.807) is 17.6 Å². The lowest BCUT2D eigenvalue weighted by atomic mass is 9.99. The van der Waals surface area contributed by atoms with Crippen LogP contribution in [0.1, 0.15) is 50.8 Å². The number of halogens is 2. The number of fused-ring (bicyclic) bond motifs is 3. The van der Waals surface area contributed by atoms with E-state index >= 15 is 0 Å². The zero-order valence-corrected chi connectivity index (χ0v) is 19.5. The van der Waals surface area contributed by atoms with Gasteiger partial charge >= 0.3 is 0 Å². The second-order valence-corrected chi connectivity index (χ2v) is 9.38. The van der Waals surface area contributed by atoms with E-state index in [9.17, 15) is 0 Å². The molecule has 0 saturated heterocycles. The fraction of sp³-hybridized carbons (Fsp3) is 0.273. The molecule has 0 saturated carbocycles. The Balaban J connectivity index is 1.73. The Morgan fingerprint density at radius 3 is 2.61 bits per heavy atom. The van der Waals surface area contributed by atoms with E-state index in [0.29, 0.717) is 28.9 Å². The monoisotopic (exact) mass is 471 g/mol. The topological polar surface area (TPSA) is 69.1 Å². The SMILES string of the molecule is Cc1sc2c(c1C)C(c1ccc(Cl)cc1)=N[C@@H](Cc1nc(CCl)co1)c1nnc(C)n1-2. The van der Waals surface area contributed by atoms with Crippen LogP contribution in [0.15, 0.2) is 39.9 Å². The van der Waals surface area contributed by atoms with Crippen molar-refractivity contribution in [2.45, 2.75) is 39.1 Å². The number of benzene rings is 1. The third-order valence-corrected chi connectivity index (χ3v) is 7.18. The van der Waals surface area contributed by atoms with Crippen molar-refractivity contribution in [2.75, 3.05) is 0 Å². The summed E-state index contributed by atoms with van der Waals surface area (Å²) in [6.07, 6.45) is 2.04. The molecule has 0 N–H and O–H groups in total. The number of hydrogen-bond acceptors (Lipinski definition) is 6. The minimum atomic E-state index is -0.312. The van der Waals surface area contributed by atoms with Crippen molar-refractivity contribution in [1.82, 2.24) is 19.7 Å². The predicted octanol–water partition coefficient (Wildman–Crippen LogP) is 5.77. The van der Waals surface area contributed by atoms with Crippen molar-refractivity contribution in [2.24, 2.45) is 4.99 Å². The van der Waals surface area contributed by atoms with Crippen molar-refractivity contribution in [3.05, 3.63) is 80.4 Å². The lowest BCUT2D eigenvalue weighted by molar-refractivity contribution is 0.467. The lowest BCUT2D eigenvalue weighted by Gasteiger charge is -2.11. The van der Waals surface area contributed by atoms with E-state index in [1.165, 1.54) is 10.4 Å². The average molecular weight is 472 g/mol. The maximum atomic E-state index is 6.16. The van der Waals surface area contributed by atoms with Crippen LogP contribution in [0.25, 0.3) is 5.00 Å². The van der Waals surface area contributed by atoms with Gasteiger partial charge < -0.3 is 4.42 Å². The standard InChI is InChI=1S/C22H19Cl2N5OS/c1-11-12(2)31-22-19(11)20(14-4-6-15(24)7-5-14)26-17(21-28-27-13(3)29(21)22)8-18-25-16(9-23)10-30-18/h4-7,10,17H,8-9H2,1-3H3/t17-/m0/s1. The van der Waals surface area contributed by atoms with Crippen LogP contribution in [0.4, 0.5) is 0 Å². The number of aryl methyl sites for hydroxylation is 2. The molecule has 5 rings (SSSR count). The second kappa shape index (κ2) is 7.89. The number of oxazole rings is 1. The van der Waals surface area contributed by atoms with Crippen LogP contribution in [0.2, 0.25) is 5.02 Å². The van der Waals surface area contributed by atoms with Gasteiger partial charge in [0.2, 0.25) is 0 Å². The Morgan fingerprint density at radius 2 is 1.90 bits per heavy atom. The van der Waals surface area contributed by atoms with E-state index in [-0.39, 0.29) is 6.04 Å². The molecule has 6 nitrogen and oxygen atoms in total. The predicted molar refractivity (Wildman–Crippen MR) is 123 cm³/mol. The summed E-state index contributed by atoms with van der Waals surface area (Å²) >= 11 is 13.8. The second-order valence-electron chi connectivity index (χ2n) is 7.47. The molecule has 3 aromatic heterocycles. The van der Waals surface area contributed by atoms with Crippen LogP contribution in [0.3, 0.4) is 0 Å². The molecule has 9 heteroatoms. The highest BCUT2D eigenvalue weighted by Gasteiger charge is 2.32. The molecule has 0 spiro atoms. The van der Waals surface area contributed by atoms with E-state index in [1.807, 2.05) is 31.2 Å². The van der Waals surface area contributed by atoms with Crippen LogP contribution in [-0.4, -0.2) is 25.5 Å². The van der Waals surface area contributed by atoms with E-state index in [0.717, 1.165) is 33.5 Å². The molecule has 31 heavy (non-hydrogen) atoms. The number of thiophene rings is 1. The maximum Gasteiger partial charge on any atom is 0.196 e. The molecule has 1 aromatic carbocycles. The Labute approximate surface area is 193 Å². The van der Waals surface area contributed by atoms with Gasteiger partial charge in [0, 0.05) is 21.0 Å². The van der Waals surface area contributed by atoms with Gasteiger partial charge in [-0.3, -0.25) is 9.56 Å². The highest BCUT2D eigenvalue weighted by atomic mass is 35.5. The Morgan fingerprint density at radius 1 is 1.13 bits per heavy atom. The Kier molecular flexibility index (Phi) is 5.20. The summed E-state index contributed by atoms with van der Waals surface area (Å²) < 4.78 is 7.76. The number of hydrogen-bond donors (Lipinski definition) is 0. The maximum absolute atomic E-state index is 6.16. The molecule has 1 aliphatic rings. The Bertz CT molecular complexity index is 1300. The molecule has 1 atom stereocenters. The summed E-state index contributed by atoms with van der Waals surface area (Å²) in [4.78, 5) is 10.9. The molecule has 0 amide bonds. The summed E-state index contributed by atoms with van der Waals surface area (Å²) in [6, 6.07) is 7.47. The molecule has 0 radical (unpaired) electrons. The molecule has 0 unspecified atom stereocenters. The van der Waals surface area contributed by atoms with Crippen LogP contribution in [0.5, 0.6) is 0 Å². The highest BCUT2D eigenvalue weighted by molar-refractivity contribution is 7.15. The van der Waals surface area contributed by atoms with Gasteiger partial charge in [-0.05, 0) is 38.5 Å². The van der Waals surface area contributed by atoms with Gasteiger partial charge in [-0.25, -0.2) is 4.98 Å². The third kappa shape index (κ3) is 3.50. The van der Waals surface area contributed by atoms with Gasteiger partial charge in [0.1, 0.15) is 23.1 Å². The van der Waals surface area contributed by atoms with Crippen LogP contribution < -0.4 is 0 Å². The number of rotatable bonds is 4. The minimum Gasteiger partial charge on any atom is -0.449 e. The number of nitrogens with zero attached hydrogens (tertiary/aromatic N) is 5. The van der Waals surface area contributed by atoms with Crippen LogP contribution >= 0.6 is 34.5 Å². The fourth-order valence-electron chi connectivity index (χ4n) is 3.80. The summed E-state index contributed by atoms with van der Waals surface area (Å²) in [5, 5.41) is 10.6. The van der Waals surface area contributed by atoms with Gasteiger partial charge in [-0.15, -0.1) is 33.1 Å². The van der Waals surface area contributed by atoms with Crippen molar-refractivity contribution in [3.8, 4) is 5.00 Å². The van der Waals surface area contributed by atoms with Gasteiger partial charge in [0.25, 0.3) is 0 Å². The quantitative estimate of drug-likeness (QED) is 0.354. The van der Waals surface area contributed by atoms with Gasteiger partial charge in [0.05, 0.1) is 23.7 Å². The lowest BCUT2D eigenvalue weighted by Crippen LogP contribution is -2.09. The molecule has 4 aromatic rings. The first-order valence-electron chi connectivity index (χ1n) is 9.82. The zero-order chi connectivity index (χ0) is 21.7. The largest absolute Gasteiger partial charge is 0.449 e. The summed E-state index contributed by atoms with van der Waals surface area (Å²) in [7, 11) is 0. The average Bonchev–Trinajstić information content (AvgIpc) is 3.42. The first kappa shape index (κ1) is 20.4. The third-order valence-electron chi connectivity index (χ3n) is 5.46. The first-order valence-corrected chi connectivity index (χ1v) is 11.5. The smallest absolute Gasteiger partial charge is 0.196 e. The minimum absolute atomic E-state index is 0.304. The summed E-state index contributed by atoms with van der Waals surface area (Å²) in [5.41, 5.74) is 4.92. The van der Waals surface area contributed by atoms with Crippen molar-refractivity contribution in [1.29, 1.82) is 0 Å². The normalized spacial score (nSPS) is 15.4. The first-order chi connectivity index (χ1) is 15.0. The van der Waals surface area contributed by atoms with Crippen molar-refractivity contribution < 1.29 is 4.42 Å². The van der Waals surface area contributed by atoms with Crippen LogP contribution in [-0.2, 0) is 12.3 Å². The summed E-state index contributed by atoms with van der Waals surface area (Å²) in [5.74, 6) is 2.47. The number of aliphatic imine (C=N–C) groups is 1. The van der Waals surface area contributed by atoms with E-state index < -0.39 is 0 Å². The van der Waals surface area contributed by atoms with E-state index in [4.69, 9.17) is 32.6 Å². The molecular formula is C22H19Cl2N5OS. The van der Waals surface area contributed by atoms with Crippen LogP contribution in [0, 0.1) is 20.8 Å². The molecule has 4 heterocycles. The molecule has 158 valence electrons. The molecule has 0 bridgehead atoms. The van der Waals surface area contributed by atoms with Crippen molar-refractivity contribution in [3.63, 3.8) is 0 Å². The van der Waals surface area contributed by atoms with Gasteiger partial charge in [0.15, 0.2) is 11.7 Å². The Hall–Kier alpha value is -2.48. The van der Waals surface area contributed by atoms with Gasteiger partial charge in [-0.2, -0.15) is 0 Å².